The average molecular weight is 387 g/mol. The van der Waals surface area contributed by atoms with Crippen molar-refractivity contribution in [1.82, 2.24) is 0 Å². The smallest absolute Gasteiger partial charge is 0.158 e. The molecule has 0 saturated heterocycles. The van der Waals surface area contributed by atoms with Crippen molar-refractivity contribution in [1.29, 1.82) is 0 Å². The molecule has 6 aliphatic carbocycles. The molecule has 6 fully saturated rings. The molecule has 6 bridgehead atoms. The first-order valence-corrected chi connectivity index (χ1v) is 12.8. The molecule has 6 saturated carbocycles. The van der Waals surface area contributed by atoms with Crippen LogP contribution in [0, 0.1) is 41.4 Å². The Labute approximate surface area is 172 Å². The molecule has 0 aromatic carbocycles. The summed E-state index contributed by atoms with van der Waals surface area (Å²) in [5, 5.41) is 0. The van der Waals surface area contributed by atoms with E-state index < -0.39 is 0 Å². The molecule has 3 atom stereocenters. The topological polar surface area (TPSA) is 26.3 Å². The third-order valence-corrected chi connectivity index (χ3v) is 9.88. The van der Waals surface area contributed by atoms with Gasteiger partial charge in [0.1, 0.15) is 6.61 Å². The Hall–Kier alpha value is -0.370. The van der Waals surface area contributed by atoms with Crippen LogP contribution in [-0.2, 0) is 9.53 Å². The van der Waals surface area contributed by atoms with Gasteiger partial charge in [0.05, 0.1) is 5.60 Å². The molecule has 2 heteroatoms. The SMILES string of the molecule is CC[C@@]1(OCC(=O)CC2C3CC4CC(C3)CC2C4)CC[C@H]2CCCC[C@H](C2)C1. The molecule has 0 aromatic rings. The highest BCUT2D eigenvalue weighted by molar-refractivity contribution is 5.80. The molecule has 0 heterocycles. The van der Waals surface area contributed by atoms with Gasteiger partial charge in [0, 0.05) is 6.42 Å². The Morgan fingerprint density at radius 1 is 0.857 bits per heavy atom. The maximum atomic E-state index is 13.0. The van der Waals surface area contributed by atoms with Crippen molar-refractivity contribution in [3.63, 3.8) is 0 Å². The van der Waals surface area contributed by atoms with Crippen molar-refractivity contribution in [2.75, 3.05) is 6.61 Å². The first kappa shape index (κ1) is 19.6. The summed E-state index contributed by atoms with van der Waals surface area (Å²) in [4.78, 5) is 13.0. The molecule has 0 aromatic heterocycles. The van der Waals surface area contributed by atoms with E-state index in [1.165, 1.54) is 83.5 Å². The maximum Gasteiger partial charge on any atom is 0.158 e. The Balaban J connectivity index is 1.17. The molecule has 0 N–H and O–H groups in total. The molecule has 0 aliphatic heterocycles. The van der Waals surface area contributed by atoms with Crippen LogP contribution in [0.3, 0.4) is 0 Å². The number of rotatable bonds is 6. The fourth-order valence-corrected chi connectivity index (χ4v) is 8.60. The van der Waals surface area contributed by atoms with E-state index in [0.29, 0.717) is 18.3 Å². The van der Waals surface area contributed by atoms with E-state index >= 15 is 0 Å². The summed E-state index contributed by atoms with van der Waals surface area (Å²) in [6.45, 7) is 2.69. The number of carbonyl (C=O) groups is 1. The Bertz CT molecular complexity index is 541. The van der Waals surface area contributed by atoms with Gasteiger partial charge in [0.15, 0.2) is 5.78 Å². The quantitative estimate of drug-likeness (QED) is 0.516. The third kappa shape index (κ3) is 3.96. The summed E-state index contributed by atoms with van der Waals surface area (Å²) in [5.41, 5.74) is -0.00349. The first-order valence-electron chi connectivity index (χ1n) is 12.8. The van der Waals surface area contributed by atoms with Gasteiger partial charge >= 0.3 is 0 Å². The predicted octanol–water partition coefficient (Wildman–Crippen LogP) is 6.56. The number of carbonyl (C=O) groups excluding carboxylic acids is 1. The van der Waals surface area contributed by atoms with Crippen LogP contribution in [-0.4, -0.2) is 18.0 Å². The molecule has 0 amide bonds. The normalized spacial score (nSPS) is 47.5. The highest BCUT2D eigenvalue weighted by Gasteiger charge is 2.48. The summed E-state index contributed by atoms with van der Waals surface area (Å²) in [6, 6.07) is 0. The maximum absolute atomic E-state index is 13.0. The van der Waals surface area contributed by atoms with Crippen molar-refractivity contribution < 1.29 is 9.53 Å². The highest BCUT2D eigenvalue weighted by Crippen LogP contribution is 2.57. The predicted molar refractivity (Wildman–Crippen MR) is 113 cm³/mol. The van der Waals surface area contributed by atoms with Crippen LogP contribution in [0.2, 0.25) is 0 Å². The van der Waals surface area contributed by atoms with E-state index in [0.717, 1.165) is 48.3 Å². The minimum Gasteiger partial charge on any atom is -0.367 e. The van der Waals surface area contributed by atoms with Crippen molar-refractivity contribution in [3.05, 3.63) is 0 Å². The standard InChI is InChI=1S/C26H42O2/c1-2-26(8-7-18-5-3-4-6-19(9-18)16-26)28-17-24(27)15-25-22-11-20-10-21(13-22)14-23(25)12-20/h18-23,25H,2-17H2,1H3/t18-,19-,20?,21?,22?,23?,25?,26-/m1/s1. The van der Waals surface area contributed by atoms with Crippen molar-refractivity contribution >= 4 is 5.78 Å². The van der Waals surface area contributed by atoms with Crippen molar-refractivity contribution in [3.8, 4) is 0 Å². The highest BCUT2D eigenvalue weighted by atomic mass is 16.5. The van der Waals surface area contributed by atoms with Crippen LogP contribution in [0.15, 0.2) is 0 Å². The zero-order valence-electron chi connectivity index (χ0n) is 18.2. The van der Waals surface area contributed by atoms with Gasteiger partial charge in [0.2, 0.25) is 0 Å². The molecule has 0 radical (unpaired) electrons. The molecule has 6 rings (SSSR count). The lowest BCUT2D eigenvalue weighted by molar-refractivity contribution is -0.138. The number of hydrogen-bond donors (Lipinski definition) is 0. The minimum atomic E-state index is -0.00349. The third-order valence-electron chi connectivity index (χ3n) is 9.88. The summed E-state index contributed by atoms with van der Waals surface area (Å²) in [6.07, 6.45) is 19.9. The van der Waals surface area contributed by atoms with Gasteiger partial charge in [-0.3, -0.25) is 4.79 Å². The number of hydrogen-bond acceptors (Lipinski definition) is 2. The van der Waals surface area contributed by atoms with E-state index in [9.17, 15) is 4.79 Å². The van der Waals surface area contributed by atoms with Crippen molar-refractivity contribution in [2.45, 2.75) is 109 Å². The Morgan fingerprint density at radius 3 is 2.18 bits per heavy atom. The fourth-order valence-electron chi connectivity index (χ4n) is 8.60. The largest absolute Gasteiger partial charge is 0.367 e. The fraction of sp³-hybridized carbons (Fsp3) is 0.962. The molecule has 0 unspecified atom stereocenters. The van der Waals surface area contributed by atoms with Crippen LogP contribution in [0.1, 0.15) is 103 Å². The molecular formula is C26H42O2. The summed E-state index contributed by atoms with van der Waals surface area (Å²) in [5.74, 6) is 6.60. The van der Waals surface area contributed by atoms with Gasteiger partial charge < -0.3 is 4.74 Å². The minimum absolute atomic E-state index is 0.00349. The summed E-state index contributed by atoms with van der Waals surface area (Å²) >= 11 is 0. The average Bonchev–Trinajstić information content (AvgIpc) is 3.01. The lowest BCUT2D eigenvalue weighted by Gasteiger charge is -2.54. The van der Waals surface area contributed by atoms with E-state index in [1.54, 1.807) is 0 Å². The van der Waals surface area contributed by atoms with E-state index in [2.05, 4.69) is 6.92 Å². The molecule has 28 heavy (non-hydrogen) atoms. The number of Topliss-reactive ketones (excluding diaryl/α,β-unsaturated/α-hetero) is 1. The second kappa shape index (κ2) is 8.05. The van der Waals surface area contributed by atoms with Gasteiger partial charge in [-0.15, -0.1) is 0 Å². The lowest BCUT2D eigenvalue weighted by Crippen LogP contribution is -2.46. The van der Waals surface area contributed by atoms with Crippen LogP contribution in [0.25, 0.3) is 0 Å². The van der Waals surface area contributed by atoms with Gasteiger partial charge in [-0.1, -0.05) is 32.6 Å². The summed E-state index contributed by atoms with van der Waals surface area (Å²) < 4.78 is 6.55. The van der Waals surface area contributed by atoms with E-state index in [-0.39, 0.29) is 5.60 Å². The second-order valence-corrected chi connectivity index (χ2v) is 11.7. The van der Waals surface area contributed by atoms with Gasteiger partial charge in [-0.2, -0.15) is 0 Å². The van der Waals surface area contributed by atoms with Crippen LogP contribution >= 0.6 is 0 Å². The van der Waals surface area contributed by atoms with Crippen LogP contribution in [0.5, 0.6) is 0 Å². The Kier molecular flexibility index (Phi) is 5.63. The monoisotopic (exact) mass is 386 g/mol. The molecule has 6 aliphatic rings. The van der Waals surface area contributed by atoms with E-state index in [4.69, 9.17) is 4.74 Å². The van der Waals surface area contributed by atoms with E-state index in [1.807, 2.05) is 0 Å². The molecule has 158 valence electrons. The van der Waals surface area contributed by atoms with Crippen LogP contribution < -0.4 is 0 Å². The number of ether oxygens (including phenoxy) is 1. The molecule has 0 spiro atoms. The van der Waals surface area contributed by atoms with Gasteiger partial charge in [-0.05, 0) is 106 Å². The summed E-state index contributed by atoms with van der Waals surface area (Å²) in [7, 11) is 0. The van der Waals surface area contributed by atoms with Crippen LogP contribution in [0.4, 0.5) is 0 Å². The number of ketones is 1. The molecular weight excluding hydrogens is 344 g/mol. The Morgan fingerprint density at radius 2 is 1.50 bits per heavy atom. The zero-order chi connectivity index (χ0) is 19.1. The number of fused-ring (bicyclic) bond motifs is 2. The van der Waals surface area contributed by atoms with Crippen molar-refractivity contribution in [2.24, 2.45) is 41.4 Å². The zero-order valence-corrected chi connectivity index (χ0v) is 18.2. The van der Waals surface area contributed by atoms with Gasteiger partial charge in [-0.25, -0.2) is 0 Å². The first-order chi connectivity index (χ1) is 13.6. The lowest BCUT2D eigenvalue weighted by atomic mass is 9.51. The molecule has 2 nitrogen and oxygen atoms in total. The second-order valence-electron chi connectivity index (χ2n) is 11.7. The van der Waals surface area contributed by atoms with Gasteiger partial charge in [0.25, 0.3) is 0 Å².